The number of hydrogen-bond donors (Lipinski definition) is 1. The summed E-state index contributed by atoms with van der Waals surface area (Å²) in [5, 5.41) is 0. The zero-order chi connectivity index (χ0) is 16.9. The maximum Gasteiger partial charge on any atom is 0.328 e. The van der Waals surface area contributed by atoms with E-state index in [0.717, 1.165) is 30.3 Å². The van der Waals surface area contributed by atoms with Crippen LogP contribution >= 0.6 is 0 Å². The van der Waals surface area contributed by atoms with Crippen molar-refractivity contribution in [3.63, 3.8) is 0 Å². The van der Waals surface area contributed by atoms with Crippen molar-refractivity contribution in [2.24, 2.45) is 0 Å². The first kappa shape index (κ1) is 16.2. The lowest BCUT2D eigenvalue weighted by molar-refractivity contribution is 0.0758. The molecule has 1 saturated heterocycles. The number of carbonyl (C=O) groups is 1. The molecule has 7 nitrogen and oxygen atoms in total. The summed E-state index contributed by atoms with van der Waals surface area (Å²) in [6.07, 6.45) is 6.90. The second kappa shape index (κ2) is 7.25. The number of hydrogen-bond acceptors (Lipinski definition) is 4. The van der Waals surface area contributed by atoms with Crippen molar-refractivity contribution in [1.29, 1.82) is 0 Å². The van der Waals surface area contributed by atoms with Gasteiger partial charge in [0.25, 0.3) is 11.5 Å². The SMILES string of the molecule is O=C(c1c[nH]c(=O)n(Cc2ccccn2)c1=O)N1CCCCCC1. The molecule has 1 amide bonds. The van der Waals surface area contributed by atoms with Crippen LogP contribution in [-0.2, 0) is 6.54 Å². The van der Waals surface area contributed by atoms with Crippen LogP contribution in [0.4, 0.5) is 0 Å². The molecule has 0 atom stereocenters. The highest BCUT2D eigenvalue weighted by Crippen LogP contribution is 2.11. The number of nitrogens with one attached hydrogen (secondary N) is 1. The summed E-state index contributed by atoms with van der Waals surface area (Å²) in [5.74, 6) is -0.312. The fourth-order valence-corrected chi connectivity index (χ4v) is 2.91. The Morgan fingerprint density at radius 3 is 2.54 bits per heavy atom. The molecule has 1 aliphatic rings. The normalized spacial score (nSPS) is 15.1. The van der Waals surface area contributed by atoms with Crippen LogP contribution < -0.4 is 11.2 Å². The van der Waals surface area contributed by atoms with E-state index in [0.29, 0.717) is 18.8 Å². The van der Waals surface area contributed by atoms with Crippen molar-refractivity contribution in [3.8, 4) is 0 Å². The second-order valence-electron chi connectivity index (χ2n) is 5.93. The predicted octanol–water partition coefficient (Wildman–Crippen LogP) is 0.996. The van der Waals surface area contributed by atoms with E-state index in [4.69, 9.17) is 0 Å². The fourth-order valence-electron chi connectivity index (χ4n) is 2.91. The van der Waals surface area contributed by atoms with E-state index in [1.54, 1.807) is 29.3 Å². The Morgan fingerprint density at radius 1 is 1.12 bits per heavy atom. The van der Waals surface area contributed by atoms with Crippen molar-refractivity contribution in [2.45, 2.75) is 32.2 Å². The van der Waals surface area contributed by atoms with Gasteiger partial charge in [-0.3, -0.25) is 19.1 Å². The Kier molecular flexibility index (Phi) is 4.88. The molecule has 1 fully saturated rings. The minimum absolute atomic E-state index is 0.00688. The van der Waals surface area contributed by atoms with Crippen LogP contribution in [0.5, 0.6) is 0 Å². The van der Waals surface area contributed by atoms with Gasteiger partial charge in [-0.15, -0.1) is 0 Å². The highest BCUT2D eigenvalue weighted by Gasteiger charge is 2.21. The maximum absolute atomic E-state index is 12.7. The van der Waals surface area contributed by atoms with Gasteiger partial charge in [0.05, 0.1) is 12.2 Å². The number of nitrogens with zero attached hydrogens (tertiary/aromatic N) is 3. The van der Waals surface area contributed by atoms with Crippen LogP contribution in [-0.4, -0.2) is 38.4 Å². The fraction of sp³-hybridized carbons (Fsp3) is 0.412. The zero-order valence-corrected chi connectivity index (χ0v) is 13.4. The number of likely N-dealkylation sites (tertiary alicyclic amines) is 1. The summed E-state index contributed by atoms with van der Waals surface area (Å²) in [5.41, 5.74) is -0.520. The van der Waals surface area contributed by atoms with Crippen molar-refractivity contribution < 1.29 is 4.79 Å². The van der Waals surface area contributed by atoms with Gasteiger partial charge in [-0.05, 0) is 25.0 Å². The predicted molar refractivity (Wildman–Crippen MR) is 89.0 cm³/mol. The second-order valence-corrected chi connectivity index (χ2v) is 5.93. The molecule has 1 N–H and O–H groups in total. The Morgan fingerprint density at radius 2 is 1.88 bits per heavy atom. The summed E-state index contributed by atoms with van der Waals surface area (Å²) in [6, 6.07) is 5.28. The van der Waals surface area contributed by atoms with Gasteiger partial charge in [0.2, 0.25) is 0 Å². The highest BCUT2D eigenvalue weighted by molar-refractivity contribution is 5.93. The molecule has 3 rings (SSSR count). The Bertz CT molecular complexity index is 818. The van der Waals surface area contributed by atoms with E-state index in [1.165, 1.54) is 6.20 Å². The van der Waals surface area contributed by atoms with Gasteiger partial charge in [-0.1, -0.05) is 18.9 Å². The first-order valence-corrected chi connectivity index (χ1v) is 8.18. The molecule has 0 aliphatic carbocycles. The highest BCUT2D eigenvalue weighted by atomic mass is 16.2. The molecule has 24 heavy (non-hydrogen) atoms. The van der Waals surface area contributed by atoms with Gasteiger partial charge in [0, 0.05) is 25.5 Å². The van der Waals surface area contributed by atoms with Gasteiger partial charge in [0.1, 0.15) is 5.56 Å². The first-order chi connectivity index (χ1) is 11.7. The maximum atomic E-state index is 12.7. The average molecular weight is 328 g/mol. The van der Waals surface area contributed by atoms with Crippen LogP contribution in [0.25, 0.3) is 0 Å². The number of rotatable bonds is 3. The van der Waals surface area contributed by atoms with E-state index in [9.17, 15) is 14.4 Å². The van der Waals surface area contributed by atoms with Gasteiger partial charge in [-0.2, -0.15) is 0 Å². The number of amides is 1. The zero-order valence-electron chi connectivity index (χ0n) is 13.4. The van der Waals surface area contributed by atoms with Gasteiger partial charge >= 0.3 is 5.69 Å². The molecule has 2 aromatic rings. The number of carbonyl (C=O) groups excluding carboxylic acids is 1. The van der Waals surface area contributed by atoms with E-state index >= 15 is 0 Å². The van der Waals surface area contributed by atoms with Crippen LogP contribution in [0, 0.1) is 0 Å². The van der Waals surface area contributed by atoms with Crippen molar-refractivity contribution in [3.05, 3.63) is 62.7 Å². The van der Waals surface area contributed by atoms with E-state index in [1.807, 2.05) is 0 Å². The van der Waals surface area contributed by atoms with Crippen LogP contribution in [0.1, 0.15) is 41.7 Å². The largest absolute Gasteiger partial charge is 0.338 e. The number of H-pyrrole nitrogens is 1. The Labute approximate surface area is 139 Å². The standard InChI is InChI=1S/C17H20N4O3/c22-15(20-9-5-1-2-6-10-20)14-11-19-17(24)21(16(14)23)12-13-7-3-4-8-18-13/h3-4,7-8,11H,1-2,5-6,9-10,12H2,(H,19,24). The van der Waals surface area contributed by atoms with Gasteiger partial charge in [0.15, 0.2) is 0 Å². The summed E-state index contributed by atoms with van der Waals surface area (Å²) >= 11 is 0. The van der Waals surface area contributed by atoms with Crippen molar-refractivity contribution in [2.75, 3.05) is 13.1 Å². The molecule has 126 valence electrons. The summed E-state index contributed by atoms with van der Waals surface area (Å²) in [7, 11) is 0. The molecular formula is C17H20N4O3. The third kappa shape index (κ3) is 3.45. The molecule has 0 unspecified atom stereocenters. The molecule has 0 bridgehead atoms. The van der Waals surface area contributed by atoms with Crippen LogP contribution in [0.2, 0.25) is 0 Å². The summed E-state index contributed by atoms with van der Waals surface area (Å²) in [4.78, 5) is 45.6. The molecule has 2 aromatic heterocycles. The van der Waals surface area contributed by atoms with Crippen molar-refractivity contribution in [1.82, 2.24) is 19.4 Å². The molecule has 1 aliphatic heterocycles. The molecule has 0 radical (unpaired) electrons. The lowest BCUT2D eigenvalue weighted by Crippen LogP contribution is -2.42. The minimum atomic E-state index is -0.571. The number of aromatic amines is 1. The molecule has 0 spiro atoms. The first-order valence-electron chi connectivity index (χ1n) is 8.18. The van der Waals surface area contributed by atoms with Crippen LogP contribution in [0.3, 0.4) is 0 Å². The smallest absolute Gasteiger partial charge is 0.328 e. The Balaban J connectivity index is 1.92. The molecule has 3 heterocycles. The van der Waals surface area contributed by atoms with E-state index < -0.39 is 11.2 Å². The number of pyridine rings is 1. The quantitative estimate of drug-likeness (QED) is 0.910. The summed E-state index contributed by atoms with van der Waals surface area (Å²) in [6.45, 7) is 1.34. The van der Waals surface area contributed by atoms with Crippen molar-refractivity contribution >= 4 is 5.91 Å². The van der Waals surface area contributed by atoms with E-state index in [-0.39, 0.29) is 18.0 Å². The Hall–Kier alpha value is -2.70. The van der Waals surface area contributed by atoms with E-state index in [2.05, 4.69) is 9.97 Å². The van der Waals surface area contributed by atoms with Gasteiger partial charge in [-0.25, -0.2) is 4.79 Å². The third-order valence-corrected chi connectivity index (χ3v) is 4.23. The van der Waals surface area contributed by atoms with Gasteiger partial charge < -0.3 is 9.88 Å². The lowest BCUT2D eigenvalue weighted by atomic mass is 10.2. The third-order valence-electron chi connectivity index (χ3n) is 4.23. The molecule has 0 saturated carbocycles. The summed E-state index contributed by atoms with van der Waals surface area (Å²) < 4.78 is 1.02. The van der Waals surface area contributed by atoms with Crippen LogP contribution in [0.15, 0.2) is 40.2 Å². The molecule has 7 heteroatoms. The minimum Gasteiger partial charge on any atom is -0.338 e. The topological polar surface area (TPSA) is 88.1 Å². The lowest BCUT2D eigenvalue weighted by Gasteiger charge is -2.20. The molecule has 0 aromatic carbocycles. The number of aromatic nitrogens is 3. The average Bonchev–Trinajstić information content (AvgIpc) is 2.88. The molecular weight excluding hydrogens is 308 g/mol. The monoisotopic (exact) mass is 328 g/mol.